The van der Waals surface area contributed by atoms with Gasteiger partial charge in [0.05, 0.1) is 11.9 Å². The number of hydrogen-bond acceptors (Lipinski definition) is 6. The minimum atomic E-state index is 0.169. The van der Waals surface area contributed by atoms with E-state index in [2.05, 4.69) is 21.2 Å². The number of pyridine rings is 1. The Morgan fingerprint density at radius 2 is 2.29 bits per heavy atom. The number of likely N-dealkylation sites (N-methyl/N-ethyl adjacent to an activating group) is 1. The fourth-order valence-corrected chi connectivity index (χ4v) is 2.36. The van der Waals surface area contributed by atoms with Crippen molar-refractivity contribution in [3.05, 3.63) is 23.3 Å². The largest absolute Gasteiger partial charge is 0.350 e. The summed E-state index contributed by atoms with van der Waals surface area (Å²) in [6, 6.07) is 2.13. The molecule has 0 amide bonds. The van der Waals surface area contributed by atoms with Crippen LogP contribution in [0.25, 0.3) is 11.2 Å². The summed E-state index contributed by atoms with van der Waals surface area (Å²) in [5.74, 6) is 3.04. The number of hydrogen-bond donors (Lipinski definition) is 3. The average molecular weight is 281 g/mol. The summed E-state index contributed by atoms with van der Waals surface area (Å²) in [4.78, 5) is 10.7. The molecule has 2 aromatic rings. The highest BCUT2D eigenvalue weighted by atomic mass is 15.3. The van der Waals surface area contributed by atoms with Crippen molar-refractivity contribution >= 4 is 23.3 Å². The van der Waals surface area contributed by atoms with Gasteiger partial charge in [-0.15, -0.1) is 6.42 Å². The SMILES string of the molecule is C#Cc1cnc2nc(N3CC(NC)C3)c(=N)n(C=N)c2c1. The number of nitrogens with zero attached hydrogens (tertiary/aromatic N) is 4. The molecule has 0 radical (unpaired) electrons. The summed E-state index contributed by atoms with van der Waals surface area (Å²) >= 11 is 0. The highest BCUT2D eigenvalue weighted by Crippen LogP contribution is 2.17. The van der Waals surface area contributed by atoms with E-state index in [1.165, 1.54) is 4.57 Å². The second-order valence-electron chi connectivity index (χ2n) is 4.88. The lowest BCUT2D eigenvalue weighted by Gasteiger charge is -2.39. The van der Waals surface area contributed by atoms with Crippen LogP contribution in [0.5, 0.6) is 0 Å². The van der Waals surface area contributed by atoms with Crippen molar-refractivity contribution < 1.29 is 0 Å². The standard InChI is InChI=1S/C14H15N7/c1-3-9-4-11-13(18-5-9)19-14(12(16)21(11)8-15)20-6-10(7-20)17-2/h1,4-5,8,10,15-17H,6-7H2,2H3. The van der Waals surface area contributed by atoms with Crippen molar-refractivity contribution in [3.63, 3.8) is 0 Å². The van der Waals surface area contributed by atoms with E-state index < -0.39 is 0 Å². The summed E-state index contributed by atoms with van der Waals surface area (Å²) in [6.07, 6.45) is 8.03. The fourth-order valence-electron chi connectivity index (χ4n) is 2.36. The third-order valence-electron chi connectivity index (χ3n) is 3.66. The number of anilines is 1. The van der Waals surface area contributed by atoms with E-state index in [1.807, 2.05) is 11.9 Å². The summed E-state index contributed by atoms with van der Waals surface area (Å²) in [5, 5.41) is 19.0. The van der Waals surface area contributed by atoms with Crippen LogP contribution in [-0.2, 0) is 0 Å². The Morgan fingerprint density at radius 1 is 1.52 bits per heavy atom. The number of terminal acetylenes is 1. The van der Waals surface area contributed by atoms with Crippen LogP contribution in [-0.4, -0.2) is 47.1 Å². The molecule has 1 aliphatic rings. The molecule has 0 saturated carbocycles. The molecule has 21 heavy (non-hydrogen) atoms. The van der Waals surface area contributed by atoms with Crippen molar-refractivity contribution in [2.45, 2.75) is 6.04 Å². The van der Waals surface area contributed by atoms with Gasteiger partial charge >= 0.3 is 0 Å². The Labute approximate surface area is 121 Å². The van der Waals surface area contributed by atoms with Crippen molar-refractivity contribution in [2.75, 3.05) is 25.0 Å². The molecule has 1 fully saturated rings. The molecule has 7 heteroatoms. The first-order valence-electron chi connectivity index (χ1n) is 6.54. The monoisotopic (exact) mass is 281 g/mol. The molecule has 3 N–H and O–H groups in total. The van der Waals surface area contributed by atoms with Crippen LogP contribution in [0.3, 0.4) is 0 Å². The first-order chi connectivity index (χ1) is 10.2. The van der Waals surface area contributed by atoms with Gasteiger partial charge in [0.2, 0.25) is 0 Å². The van der Waals surface area contributed by atoms with Crippen molar-refractivity contribution in [2.24, 2.45) is 0 Å². The van der Waals surface area contributed by atoms with Crippen molar-refractivity contribution in [1.29, 1.82) is 10.8 Å². The minimum Gasteiger partial charge on any atom is -0.350 e. The predicted octanol–water partition coefficient (Wildman–Crippen LogP) is -0.245. The third kappa shape index (κ3) is 2.06. The summed E-state index contributed by atoms with van der Waals surface area (Å²) in [7, 11) is 1.91. The lowest BCUT2D eigenvalue weighted by atomic mass is 10.1. The molecule has 3 rings (SSSR count). The Morgan fingerprint density at radius 3 is 2.90 bits per heavy atom. The highest BCUT2D eigenvalue weighted by molar-refractivity contribution is 5.80. The molecule has 106 valence electrons. The van der Waals surface area contributed by atoms with Gasteiger partial charge in [-0.25, -0.2) is 9.97 Å². The number of nitrogens with one attached hydrogen (secondary N) is 3. The molecule has 0 aliphatic carbocycles. The maximum Gasteiger partial charge on any atom is 0.178 e. The van der Waals surface area contributed by atoms with Gasteiger partial charge in [0.1, 0.15) is 0 Å². The van der Waals surface area contributed by atoms with Crippen molar-refractivity contribution in [1.82, 2.24) is 19.9 Å². The molecule has 0 aromatic carbocycles. The first-order valence-corrected chi connectivity index (χ1v) is 6.54. The van der Waals surface area contributed by atoms with Crippen LogP contribution < -0.4 is 15.7 Å². The van der Waals surface area contributed by atoms with Crippen LogP contribution in [0.15, 0.2) is 12.3 Å². The zero-order valence-electron chi connectivity index (χ0n) is 11.6. The van der Waals surface area contributed by atoms with Crippen molar-refractivity contribution in [3.8, 4) is 12.3 Å². The lowest BCUT2D eigenvalue weighted by Crippen LogP contribution is -2.59. The maximum atomic E-state index is 8.25. The van der Waals surface area contributed by atoms with Gasteiger partial charge in [0, 0.05) is 30.9 Å². The number of fused-ring (bicyclic) bond motifs is 1. The molecule has 0 atom stereocenters. The van der Waals surface area contributed by atoms with E-state index in [-0.39, 0.29) is 5.49 Å². The van der Waals surface area contributed by atoms with E-state index in [4.69, 9.17) is 17.2 Å². The zero-order valence-corrected chi connectivity index (χ0v) is 11.6. The average Bonchev–Trinajstić information content (AvgIpc) is 2.46. The van der Waals surface area contributed by atoms with Crippen LogP contribution >= 0.6 is 0 Å². The molecule has 1 aliphatic heterocycles. The third-order valence-corrected chi connectivity index (χ3v) is 3.66. The lowest BCUT2D eigenvalue weighted by molar-refractivity contribution is 0.445. The number of aromatic nitrogens is 3. The quantitative estimate of drug-likeness (QED) is 0.411. The molecule has 0 unspecified atom stereocenters. The predicted molar refractivity (Wildman–Crippen MR) is 80.6 cm³/mol. The first kappa shape index (κ1) is 13.3. The topological polar surface area (TPSA) is 93.7 Å². The van der Waals surface area contributed by atoms with Gasteiger partial charge in [0.25, 0.3) is 0 Å². The molecule has 7 nitrogen and oxygen atoms in total. The molecule has 0 bridgehead atoms. The van der Waals surface area contributed by atoms with E-state index in [0.29, 0.717) is 28.6 Å². The van der Waals surface area contributed by atoms with Crippen LogP contribution in [0, 0.1) is 23.2 Å². The van der Waals surface area contributed by atoms with Crippen LogP contribution in [0.4, 0.5) is 5.82 Å². The van der Waals surface area contributed by atoms with Gasteiger partial charge in [-0.2, -0.15) is 0 Å². The van der Waals surface area contributed by atoms with Gasteiger partial charge in [-0.3, -0.25) is 15.4 Å². The van der Waals surface area contributed by atoms with E-state index >= 15 is 0 Å². The normalized spacial score (nSPS) is 14.8. The van der Waals surface area contributed by atoms with E-state index in [0.717, 1.165) is 19.4 Å². The molecule has 2 aromatic heterocycles. The second-order valence-corrected chi connectivity index (χ2v) is 4.88. The molecule has 3 heterocycles. The zero-order chi connectivity index (χ0) is 15.0. The molecular formula is C14H15N7. The van der Waals surface area contributed by atoms with Crippen LogP contribution in [0.2, 0.25) is 0 Å². The summed E-state index contributed by atoms with van der Waals surface area (Å²) in [5.41, 5.74) is 1.82. The Kier molecular flexibility index (Phi) is 3.16. The Hall–Kier alpha value is -2.72. The Bertz CT molecular complexity index is 808. The summed E-state index contributed by atoms with van der Waals surface area (Å²) < 4.78 is 1.44. The van der Waals surface area contributed by atoms with Gasteiger partial charge in [0.15, 0.2) is 17.0 Å². The Balaban J connectivity index is 2.16. The van der Waals surface area contributed by atoms with Crippen LogP contribution in [0.1, 0.15) is 5.56 Å². The minimum absolute atomic E-state index is 0.169. The molecular weight excluding hydrogens is 266 g/mol. The van der Waals surface area contributed by atoms with Gasteiger partial charge in [-0.05, 0) is 13.1 Å². The molecule has 1 saturated heterocycles. The smallest absolute Gasteiger partial charge is 0.178 e. The number of rotatable bonds is 3. The summed E-state index contributed by atoms with van der Waals surface area (Å²) in [6.45, 7) is 1.59. The van der Waals surface area contributed by atoms with Gasteiger partial charge < -0.3 is 10.2 Å². The fraction of sp³-hybridized carbons (Fsp3) is 0.286. The van der Waals surface area contributed by atoms with E-state index in [9.17, 15) is 0 Å². The maximum absolute atomic E-state index is 8.25. The second kappa shape index (κ2) is 5.00. The van der Waals surface area contributed by atoms with E-state index in [1.54, 1.807) is 12.3 Å². The van der Waals surface area contributed by atoms with Gasteiger partial charge in [-0.1, -0.05) is 5.92 Å². The highest BCUT2D eigenvalue weighted by Gasteiger charge is 2.28. The molecule has 0 spiro atoms.